The summed E-state index contributed by atoms with van der Waals surface area (Å²) in [4.78, 5) is 28.8. The van der Waals surface area contributed by atoms with E-state index in [4.69, 9.17) is 0 Å². The maximum absolute atomic E-state index is 13.5. The third kappa shape index (κ3) is 3.57. The summed E-state index contributed by atoms with van der Waals surface area (Å²) in [6, 6.07) is 8.79. The minimum absolute atomic E-state index is 0.0503. The van der Waals surface area contributed by atoms with Crippen molar-refractivity contribution in [3.8, 4) is 0 Å². The molecule has 1 atom stereocenters. The van der Waals surface area contributed by atoms with E-state index in [2.05, 4.69) is 10.3 Å². The third-order valence-corrected chi connectivity index (χ3v) is 7.48. The molecule has 0 saturated heterocycles. The number of allylic oxidation sites excluding steroid dienone is 3. The zero-order valence-corrected chi connectivity index (χ0v) is 17.3. The first-order valence-electron chi connectivity index (χ1n) is 9.40. The molecule has 0 aliphatic heterocycles. The predicted molar refractivity (Wildman–Crippen MR) is 115 cm³/mol. The van der Waals surface area contributed by atoms with Gasteiger partial charge in [0.1, 0.15) is 4.75 Å². The van der Waals surface area contributed by atoms with E-state index in [1.165, 1.54) is 12.3 Å². The van der Waals surface area contributed by atoms with Crippen LogP contribution in [0.3, 0.4) is 0 Å². The second kappa shape index (κ2) is 7.59. The lowest BCUT2D eigenvalue weighted by Gasteiger charge is -2.27. The molecule has 4 rings (SSSR count). The second-order valence-electron chi connectivity index (χ2n) is 7.32. The number of nitrogens with one attached hydrogen (secondary N) is 1. The van der Waals surface area contributed by atoms with Crippen LogP contribution in [0.1, 0.15) is 23.7 Å². The standard InChI is InChI=1S/C22H18FN3O4S/c1-22(11-5-2-6-12-22)31(29,30)26-14-17(16-7-3-4-8-18(16)26)20(27)21(28)25-15-9-10-19(23)24-13-15/h2-11,13-14H,12H2,1H3,(H,25,28). The summed E-state index contributed by atoms with van der Waals surface area (Å²) in [5.74, 6) is -2.63. The van der Waals surface area contributed by atoms with Crippen LogP contribution in [0.25, 0.3) is 10.9 Å². The Morgan fingerprint density at radius 3 is 2.61 bits per heavy atom. The number of ketones is 1. The molecule has 9 heteroatoms. The Hall–Kier alpha value is -3.59. The Balaban J connectivity index is 1.75. The van der Waals surface area contributed by atoms with Gasteiger partial charge in [0.05, 0.1) is 23.0 Å². The van der Waals surface area contributed by atoms with Crippen LogP contribution < -0.4 is 5.32 Å². The number of amides is 1. The van der Waals surface area contributed by atoms with E-state index in [0.717, 1.165) is 16.2 Å². The summed E-state index contributed by atoms with van der Waals surface area (Å²) in [5.41, 5.74) is 0.389. The largest absolute Gasteiger partial charge is 0.318 e. The van der Waals surface area contributed by atoms with Crippen LogP contribution in [-0.4, -0.2) is 33.8 Å². The van der Waals surface area contributed by atoms with Crippen molar-refractivity contribution in [3.63, 3.8) is 0 Å². The Morgan fingerprint density at radius 2 is 1.94 bits per heavy atom. The van der Waals surface area contributed by atoms with Gasteiger partial charge in [0.2, 0.25) is 16.0 Å². The van der Waals surface area contributed by atoms with Crippen molar-refractivity contribution in [2.75, 3.05) is 5.32 Å². The van der Waals surface area contributed by atoms with Crippen LogP contribution in [-0.2, 0) is 14.8 Å². The highest BCUT2D eigenvalue weighted by Gasteiger charge is 2.39. The van der Waals surface area contributed by atoms with Gasteiger partial charge in [0.15, 0.2) is 0 Å². The van der Waals surface area contributed by atoms with E-state index in [0.29, 0.717) is 10.9 Å². The molecule has 0 fully saturated rings. The number of benzene rings is 1. The number of nitrogens with zero attached hydrogens (tertiary/aromatic N) is 2. The fourth-order valence-corrected chi connectivity index (χ4v) is 5.08. The summed E-state index contributed by atoms with van der Waals surface area (Å²) < 4.78 is 39.8. The van der Waals surface area contributed by atoms with Crippen molar-refractivity contribution in [1.29, 1.82) is 0 Å². The molecule has 1 aromatic carbocycles. The number of anilines is 1. The number of aromatic nitrogens is 2. The molecule has 1 unspecified atom stereocenters. The van der Waals surface area contributed by atoms with Gasteiger partial charge in [-0.2, -0.15) is 4.39 Å². The number of hydrogen-bond donors (Lipinski definition) is 1. The van der Waals surface area contributed by atoms with E-state index in [9.17, 15) is 22.4 Å². The monoisotopic (exact) mass is 439 g/mol. The smallest absolute Gasteiger partial charge is 0.296 e. The second-order valence-corrected chi connectivity index (χ2v) is 9.59. The summed E-state index contributed by atoms with van der Waals surface area (Å²) >= 11 is 0. The minimum Gasteiger partial charge on any atom is -0.318 e. The normalized spacial score (nSPS) is 18.3. The summed E-state index contributed by atoms with van der Waals surface area (Å²) in [6.45, 7) is 1.60. The molecule has 2 heterocycles. The number of Topliss-reactive ketones (excluding diaryl/α,β-unsaturated/α-hetero) is 1. The van der Waals surface area contributed by atoms with Crippen molar-refractivity contribution in [2.24, 2.45) is 0 Å². The SMILES string of the molecule is CC1(S(=O)(=O)n2cc(C(=O)C(=O)Nc3ccc(F)nc3)c3ccccc32)C=CC=CC1. The number of para-hydroxylation sites is 1. The number of pyridine rings is 1. The number of halogens is 1. The van der Waals surface area contributed by atoms with E-state index < -0.39 is 32.4 Å². The van der Waals surface area contributed by atoms with Crippen molar-refractivity contribution in [1.82, 2.24) is 8.96 Å². The zero-order chi connectivity index (χ0) is 22.2. The summed E-state index contributed by atoms with van der Waals surface area (Å²) in [7, 11) is -3.95. The zero-order valence-electron chi connectivity index (χ0n) is 16.4. The highest BCUT2D eigenvalue weighted by Crippen LogP contribution is 2.33. The molecule has 2 aromatic heterocycles. The van der Waals surface area contributed by atoms with Gasteiger partial charge in [-0.15, -0.1) is 0 Å². The fourth-order valence-electron chi connectivity index (χ4n) is 3.41. The van der Waals surface area contributed by atoms with Crippen LogP contribution >= 0.6 is 0 Å². The first kappa shape index (κ1) is 20.7. The molecule has 0 spiro atoms. The van der Waals surface area contributed by atoms with Crippen LogP contribution in [0.5, 0.6) is 0 Å². The molecule has 1 aliphatic carbocycles. The van der Waals surface area contributed by atoms with Crippen molar-refractivity contribution in [3.05, 3.63) is 84.6 Å². The molecular weight excluding hydrogens is 421 g/mol. The lowest BCUT2D eigenvalue weighted by atomic mass is 10.0. The number of rotatable bonds is 5. The molecular formula is C22H18FN3O4S. The number of fused-ring (bicyclic) bond motifs is 1. The average molecular weight is 439 g/mol. The molecule has 1 N–H and O–H groups in total. The maximum atomic E-state index is 13.5. The van der Waals surface area contributed by atoms with Gasteiger partial charge in [-0.1, -0.05) is 42.5 Å². The van der Waals surface area contributed by atoms with Gasteiger partial charge in [-0.05, 0) is 31.5 Å². The fraction of sp³-hybridized carbons (Fsp3) is 0.136. The van der Waals surface area contributed by atoms with E-state index in [-0.39, 0.29) is 17.7 Å². The molecule has 3 aromatic rings. The van der Waals surface area contributed by atoms with Gasteiger partial charge in [-0.25, -0.2) is 17.4 Å². The minimum atomic E-state index is -3.95. The Bertz CT molecular complexity index is 1360. The van der Waals surface area contributed by atoms with Crippen molar-refractivity contribution >= 4 is 38.3 Å². The van der Waals surface area contributed by atoms with Gasteiger partial charge >= 0.3 is 0 Å². The van der Waals surface area contributed by atoms with Crippen LogP contribution in [0.2, 0.25) is 0 Å². The summed E-state index contributed by atoms with van der Waals surface area (Å²) in [5, 5.41) is 2.69. The lowest BCUT2D eigenvalue weighted by Crippen LogP contribution is -2.37. The Kier molecular flexibility index (Phi) is 5.06. The van der Waals surface area contributed by atoms with E-state index in [1.807, 2.05) is 0 Å². The van der Waals surface area contributed by atoms with Gasteiger partial charge in [0.25, 0.3) is 11.7 Å². The van der Waals surface area contributed by atoms with Crippen molar-refractivity contribution in [2.45, 2.75) is 18.1 Å². The van der Waals surface area contributed by atoms with Crippen LogP contribution in [0.15, 0.2) is 73.1 Å². The van der Waals surface area contributed by atoms with Gasteiger partial charge in [-0.3, -0.25) is 9.59 Å². The highest BCUT2D eigenvalue weighted by atomic mass is 32.2. The number of hydrogen-bond acceptors (Lipinski definition) is 5. The van der Waals surface area contributed by atoms with E-state index >= 15 is 0 Å². The third-order valence-electron chi connectivity index (χ3n) is 5.18. The first-order chi connectivity index (χ1) is 14.7. The maximum Gasteiger partial charge on any atom is 0.296 e. The van der Waals surface area contributed by atoms with E-state index in [1.54, 1.807) is 55.5 Å². The van der Waals surface area contributed by atoms with Gasteiger partial charge in [0, 0.05) is 11.6 Å². The predicted octanol–water partition coefficient (Wildman–Crippen LogP) is 3.45. The molecule has 158 valence electrons. The number of carbonyl (C=O) groups is 2. The van der Waals surface area contributed by atoms with Crippen LogP contribution in [0.4, 0.5) is 10.1 Å². The summed E-state index contributed by atoms with van der Waals surface area (Å²) in [6.07, 6.45) is 9.35. The first-order valence-corrected chi connectivity index (χ1v) is 10.8. The average Bonchev–Trinajstić information content (AvgIpc) is 3.15. The Morgan fingerprint density at radius 1 is 1.16 bits per heavy atom. The quantitative estimate of drug-likeness (QED) is 0.373. The topological polar surface area (TPSA) is 98.1 Å². The van der Waals surface area contributed by atoms with Crippen molar-refractivity contribution < 1.29 is 22.4 Å². The highest BCUT2D eigenvalue weighted by molar-refractivity contribution is 7.91. The molecule has 1 aliphatic rings. The molecule has 1 amide bonds. The molecule has 7 nitrogen and oxygen atoms in total. The molecule has 0 saturated carbocycles. The van der Waals surface area contributed by atoms with Gasteiger partial charge < -0.3 is 5.32 Å². The molecule has 0 bridgehead atoms. The Labute approximate surface area is 178 Å². The number of carbonyl (C=O) groups excluding carboxylic acids is 2. The molecule has 0 radical (unpaired) electrons. The lowest BCUT2D eigenvalue weighted by molar-refractivity contribution is -0.112. The molecule has 31 heavy (non-hydrogen) atoms. The van der Waals surface area contributed by atoms with Crippen LogP contribution in [0, 0.1) is 5.95 Å².